The van der Waals surface area contributed by atoms with E-state index in [9.17, 15) is 8.42 Å². The summed E-state index contributed by atoms with van der Waals surface area (Å²) < 4.78 is 40.2. The van der Waals surface area contributed by atoms with Gasteiger partial charge >= 0.3 is 0 Å². The summed E-state index contributed by atoms with van der Waals surface area (Å²) in [5.41, 5.74) is 0.915. The van der Waals surface area contributed by atoms with Crippen molar-refractivity contribution in [1.82, 2.24) is 19.1 Å². The van der Waals surface area contributed by atoms with E-state index in [1.165, 1.54) is 16.1 Å². The first-order valence-corrected chi connectivity index (χ1v) is 12.6. The van der Waals surface area contributed by atoms with Crippen molar-refractivity contribution in [3.63, 3.8) is 0 Å². The molecule has 1 saturated heterocycles. The number of aromatic nitrogens is 3. The van der Waals surface area contributed by atoms with E-state index in [4.69, 9.17) is 9.15 Å². The molecule has 0 amide bonds. The fourth-order valence-corrected chi connectivity index (χ4v) is 5.79. The van der Waals surface area contributed by atoms with Crippen molar-refractivity contribution < 1.29 is 17.6 Å². The van der Waals surface area contributed by atoms with Crippen molar-refractivity contribution >= 4 is 21.8 Å². The second-order valence-corrected chi connectivity index (χ2v) is 10.5. The molecule has 0 atom stereocenters. The molecule has 3 heterocycles. The van der Waals surface area contributed by atoms with Crippen molar-refractivity contribution in [2.24, 2.45) is 0 Å². The number of hydrogen-bond acceptors (Lipinski definition) is 7. The Labute approximate surface area is 186 Å². The first kappa shape index (κ1) is 22.1. The van der Waals surface area contributed by atoms with Gasteiger partial charge in [-0.05, 0) is 29.8 Å². The average molecular weight is 463 g/mol. The molecule has 10 heteroatoms. The Kier molecular flexibility index (Phi) is 6.80. The van der Waals surface area contributed by atoms with E-state index in [1.807, 2.05) is 18.2 Å². The van der Waals surface area contributed by atoms with Gasteiger partial charge in [-0.25, -0.2) is 8.42 Å². The Bertz CT molecular complexity index is 1100. The van der Waals surface area contributed by atoms with Gasteiger partial charge < -0.3 is 9.15 Å². The molecule has 1 aliphatic heterocycles. The van der Waals surface area contributed by atoms with Crippen LogP contribution < -0.4 is 0 Å². The Hall–Kier alpha value is -2.14. The monoisotopic (exact) mass is 462 g/mol. The third-order valence-corrected chi connectivity index (χ3v) is 7.96. The summed E-state index contributed by atoms with van der Waals surface area (Å²) in [6.07, 6.45) is 1.65. The van der Waals surface area contributed by atoms with Gasteiger partial charge in [-0.3, -0.25) is 4.57 Å². The van der Waals surface area contributed by atoms with Gasteiger partial charge in [-0.2, -0.15) is 4.31 Å². The normalized spacial score (nSPS) is 15.6. The summed E-state index contributed by atoms with van der Waals surface area (Å²) in [5.74, 6) is 2.53. The van der Waals surface area contributed by atoms with E-state index < -0.39 is 10.0 Å². The number of rotatable bonds is 8. The fourth-order valence-electron chi connectivity index (χ4n) is 3.42. The second-order valence-electron chi connectivity index (χ2n) is 7.61. The molecule has 0 spiro atoms. The van der Waals surface area contributed by atoms with E-state index >= 15 is 0 Å². The maximum Gasteiger partial charge on any atom is 0.243 e. The van der Waals surface area contributed by atoms with E-state index in [0.717, 1.165) is 22.3 Å². The molecule has 0 unspecified atom stereocenters. The number of nitrogens with zero attached hydrogens (tertiary/aromatic N) is 4. The summed E-state index contributed by atoms with van der Waals surface area (Å²) in [5, 5.41) is 9.51. The molecular weight excluding hydrogens is 436 g/mol. The molecule has 0 aliphatic carbocycles. The molecule has 8 nitrogen and oxygen atoms in total. The largest absolute Gasteiger partial charge is 0.467 e. The van der Waals surface area contributed by atoms with Crippen LogP contribution in [0.15, 0.2) is 57.1 Å². The van der Waals surface area contributed by atoms with Gasteiger partial charge in [0.25, 0.3) is 0 Å². The molecule has 0 radical (unpaired) electrons. The lowest BCUT2D eigenvalue weighted by Crippen LogP contribution is -2.40. The second kappa shape index (κ2) is 9.56. The van der Waals surface area contributed by atoms with E-state index in [-0.39, 0.29) is 5.92 Å². The lowest BCUT2D eigenvalue weighted by Gasteiger charge is -2.26. The molecule has 2 aromatic heterocycles. The van der Waals surface area contributed by atoms with Gasteiger partial charge in [-0.15, -0.1) is 10.2 Å². The summed E-state index contributed by atoms with van der Waals surface area (Å²) >= 11 is 1.53. The predicted molar refractivity (Wildman–Crippen MR) is 118 cm³/mol. The van der Waals surface area contributed by atoms with Crippen LogP contribution in [0.1, 0.15) is 36.9 Å². The zero-order valence-corrected chi connectivity index (χ0v) is 19.2. The molecule has 3 aromatic rings. The zero-order valence-electron chi connectivity index (χ0n) is 17.6. The van der Waals surface area contributed by atoms with Crippen molar-refractivity contribution in [2.45, 2.75) is 42.1 Å². The van der Waals surface area contributed by atoms with Gasteiger partial charge in [0.2, 0.25) is 10.0 Å². The van der Waals surface area contributed by atoms with Gasteiger partial charge in [0.15, 0.2) is 5.16 Å². The Morgan fingerprint density at radius 2 is 1.94 bits per heavy atom. The molecule has 1 aromatic carbocycles. The molecule has 1 fully saturated rings. The Morgan fingerprint density at radius 3 is 2.65 bits per heavy atom. The van der Waals surface area contributed by atoms with Crippen LogP contribution in [0.2, 0.25) is 0 Å². The number of ether oxygens (including phenoxy) is 1. The van der Waals surface area contributed by atoms with Crippen LogP contribution in [-0.4, -0.2) is 53.8 Å². The Balaban J connectivity index is 1.52. The summed E-state index contributed by atoms with van der Waals surface area (Å²) in [7, 11) is -3.52. The smallest absolute Gasteiger partial charge is 0.243 e. The van der Waals surface area contributed by atoms with Crippen LogP contribution in [-0.2, 0) is 27.1 Å². The van der Waals surface area contributed by atoms with E-state index in [1.54, 1.807) is 24.5 Å². The maximum atomic E-state index is 13.0. The molecule has 1 aliphatic rings. The van der Waals surface area contributed by atoms with Gasteiger partial charge in [0.1, 0.15) is 11.6 Å². The van der Waals surface area contributed by atoms with E-state index in [2.05, 4.69) is 28.6 Å². The minimum absolute atomic E-state index is 0.221. The molecule has 0 bridgehead atoms. The SMILES string of the molecule is CC(C)c1nnc(SCc2cccc(S(=O)(=O)N3CCOCC3)c2)n1Cc1ccco1. The fraction of sp³-hybridized carbons (Fsp3) is 0.429. The highest BCUT2D eigenvalue weighted by Crippen LogP contribution is 2.27. The van der Waals surface area contributed by atoms with Crippen LogP contribution in [0.25, 0.3) is 0 Å². The maximum absolute atomic E-state index is 13.0. The zero-order chi connectivity index (χ0) is 21.8. The lowest BCUT2D eigenvalue weighted by molar-refractivity contribution is 0.0730. The molecule has 0 N–H and O–H groups in total. The van der Waals surface area contributed by atoms with Crippen LogP contribution in [0.3, 0.4) is 0 Å². The van der Waals surface area contributed by atoms with Crippen molar-refractivity contribution in [3.05, 3.63) is 59.8 Å². The number of sulfonamides is 1. The van der Waals surface area contributed by atoms with Crippen molar-refractivity contribution in [2.75, 3.05) is 26.3 Å². The first-order valence-electron chi connectivity index (χ1n) is 10.2. The number of thioether (sulfide) groups is 1. The number of hydrogen-bond donors (Lipinski definition) is 0. The summed E-state index contributed by atoms with van der Waals surface area (Å²) in [6, 6.07) is 10.9. The number of furan rings is 1. The molecule has 166 valence electrons. The first-order chi connectivity index (χ1) is 14.9. The molecule has 4 rings (SSSR count). The standard InChI is InChI=1S/C21H26N4O4S2/c1-16(2)20-22-23-21(25(20)14-18-6-4-10-29-18)30-15-17-5-3-7-19(13-17)31(26,27)24-8-11-28-12-9-24/h3-7,10,13,16H,8-9,11-12,14-15H2,1-2H3. The highest BCUT2D eigenvalue weighted by atomic mass is 32.2. The van der Waals surface area contributed by atoms with Crippen molar-refractivity contribution in [3.8, 4) is 0 Å². The minimum atomic E-state index is -3.52. The third kappa shape index (κ3) is 5.03. The quantitative estimate of drug-likeness (QED) is 0.474. The van der Waals surface area contributed by atoms with Crippen LogP contribution in [0.5, 0.6) is 0 Å². The molecular formula is C21H26N4O4S2. The number of benzene rings is 1. The van der Waals surface area contributed by atoms with Gasteiger partial charge in [0.05, 0.1) is 30.9 Å². The summed E-state index contributed by atoms with van der Waals surface area (Å²) in [6.45, 7) is 6.34. The predicted octanol–water partition coefficient (Wildman–Crippen LogP) is 3.36. The topological polar surface area (TPSA) is 90.5 Å². The highest BCUT2D eigenvalue weighted by molar-refractivity contribution is 7.98. The lowest BCUT2D eigenvalue weighted by atomic mass is 10.2. The molecule has 0 saturated carbocycles. The van der Waals surface area contributed by atoms with Crippen LogP contribution in [0.4, 0.5) is 0 Å². The van der Waals surface area contributed by atoms with Gasteiger partial charge in [0, 0.05) is 24.8 Å². The molecule has 31 heavy (non-hydrogen) atoms. The number of morpholine rings is 1. The highest BCUT2D eigenvalue weighted by Gasteiger charge is 2.26. The average Bonchev–Trinajstić information content (AvgIpc) is 3.43. The van der Waals surface area contributed by atoms with Crippen LogP contribution in [0, 0.1) is 0 Å². The third-order valence-electron chi connectivity index (χ3n) is 5.03. The Morgan fingerprint density at radius 1 is 1.13 bits per heavy atom. The van der Waals surface area contributed by atoms with Gasteiger partial charge in [-0.1, -0.05) is 37.7 Å². The van der Waals surface area contributed by atoms with Crippen LogP contribution >= 0.6 is 11.8 Å². The van der Waals surface area contributed by atoms with E-state index in [0.29, 0.717) is 43.5 Å². The summed E-state index contributed by atoms with van der Waals surface area (Å²) in [4.78, 5) is 0.312. The van der Waals surface area contributed by atoms with Crippen molar-refractivity contribution in [1.29, 1.82) is 0 Å². The minimum Gasteiger partial charge on any atom is -0.467 e.